The molecule has 0 saturated carbocycles. The first-order chi connectivity index (χ1) is 10.1. The largest absolute Gasteiger partial charge is 0.481 e. The Kier molecular flexibility index (Phi) is 5.36. The molecule has 1 atom stereocenters. The predicted octanol–water partition coefficient (Wildman–Crippen LogP) is 2.61. The number of anilines is 1. The van der Waals surface area contributed by atoms with E-state index in [4.69, 9.17) is 22.1 Å². The first-order valence-corrected chi connectivity index (χ1v) is 7.15. The second-order valence-electron chi connectivity index (χ2n) is 4.65. The van der Waals surface area contributed by atoms with E-state index >= 15 is 0 Å². The number of rotatable bonds is 6. The van der Waals surface area contributed by atoms with Crippen molar-refractivity contribution in [1.82, 2.24) is 15.3 Å². The van der Waals surface area contributed by atoms with Crippen LogP contribution in [0.4, 0.5) is 5.82 Å². The van der Waals surface area contributed by atoms with Crippen molar-refractivity contribution in [2.45, 2.75) is 19.4 Å². The number of nitrogens with zero attached hydrogens (tertiary/aromatic N) is 2. The van der Waals surface area contributed by atoms with Gasteiger partial charge in [0.2, 0.25) is 5.88 Å². The number of pyridine rings is 2. The van der Waals surface area contributed by atoms with Gasteiger partial charge in [0.15, 0.2) is 0 Å². The van der Waals surface area contributed by atoms with Crippen LogP contribution < -0.4 is 15.8 Å². The number of hydrogen-bond acceptors (Lipinski definition) is 5. The lowest BCUT2D eigenvalue weighted by Crippen LogP contribution is -2.24. The number of nitrogens with one attached hydrogen (secondary N) is 1. The summed E-state index contributed by atoms with van der Waals surface area (Å²) in [5.41, 5.74) is 7.96. The third-order valence-corrected chi connectivity index (χ3v) is 3.40. The highest BCUT2D eigenvalue weighted by molar-refractivity contribution is 6.30. The van der Waals surface area contributed by atoms with Crippen LogP contribution in [0.2, 0.25) is 5.02 Å². The molecule has 0 radical (unpaired) electrons. The molecule has 5 nitrogen and oxygen atoms in total. The van der Waals surface area contributed by atoms with E-state index in [9.17, 15) is 0 Å². The number of halogens is 1. The van der Waals surface area contributed by atoms with Crippen LogP contribution >= 0.6 is 11.6 Å². The number of nitrogens with two attached hydrogens (primary N) is 1. The smallest absolute Gasteiger partial charge is 0.212 e. The first kappa shape index (κ1) is 15.5. The van der Waals surface area contributed by atoms with Gasteiger partial charge in [-0.3, -0.25) is 0 Å². The number of likely N-dealkylation sites (N-methyl/N-ethyl adjacent to an activating group) is 1. The molecule has 0 aromatic carbocycles. The van der Waals surface area contributed by atoms with Crippen LogP contribution in [-0.4, -0.2) is 23.6 Å². The molecule has 6 heteroatoms. The maximum atomic E-state index is 6.03. The Morgan fingerprint density at radius 2 is 2.14 bits per heavy atom. The standard InChI is InChI=1S/C15H19ClN4O/c1-3-18-13(12-7-11(16)9-20-15(12)17)6-10-4-5-14(21-2)19-8-10/h4-5,7-9,13,18H,3,6H2,1-2H3,(H2,17,20). The summed E-state index contributed by atoms with van der Waals surface area (Å²) in [5.74, 6) is 1.09. The Morgan fingerprint density at radius 1 is 1.33 bits per heavy atom. The third kappa shape index (κ3) is 4.06. The highest BCUT2D eigenvalue weighted by Crippen LogP contribution is 2.25. The highest BCUT2D eigenvalue weighted by atomic mass is 35.5. The molecule has 0 fully saturated rings. The molecule has 0 saturated heterocycles. The number of methoxy groups -OCH3 is 1. The van der Waals surface area contributed by atoms with Gasteiger partial charge in [-0.15, -0.1) is 0 Å². The van der Waals surface area contributed by atoms with Crippen LogP contribution in [0.1, 0.15) is 24.1 Å². The molecule has 0 aliphatic carbocycles. The van der Waals surface area contributed by atoms with Crippen LogP contribution in [0, 0.1) is 0 Å². The van der Waals surface area contributed by atoms with Crippen molar-refractivity contribution in [3.8, 4) is 5.88 Å². The second-order valence-corrected chi connectivity index (χ2v) is 5.09. The van der Waals surface area contributed by atoms with Gasteiger partial charge in [-0.25, -0.2) is 9.97 Å². The molecule has 3 N–H and O–H groups in total. The molecule has 21 heavy (non-hydrogen) atoms. The molecule has 2 aromatic heterocycles. The lowest BCUT2D eigenvalue weighted by Gasteiger charge is -2.20. The SMILES string of the molecule is CCNC(Cc1ccc(OC)nc1)c1cc(Cl)cnc1N. The zero-order valence-corrected chi connectivity index (χ0v) is 12.9. The Balaban J connectivity index is 2.23. The fourth-order valence-corrected chi connectivity index (χ4v) is 2.34. The van der Waals surface area contributed by atoms with Crippen molar-refractivity contribution in [1.29, 1.82) is 0 Å². The summed E-state index contributed by atoms with van der Waals surface area (Å²) >= 11 is 6.03. The molecule has 0 aliphatic heterocycles. The summed E-state index contributed by atoms with van der Waals surface area (Å²) in [6.07, 6.45) is 4.10. The fourth-order valence-electron chi connectivity index (χ4n) is 2.17. The Hall–Kier alpha value is -1.85. The monoisotopic (exact) mass is 306 g/mol. The van der Waals surface area contributed by atoms with Crippen molar-refractivity contribution < 1.29 is 4.74 Å². The van der Waals surface area contributed by atoms with Gasteiger partial charge < -0.3 is 15.8 Å². The van der Waals surface area contributed by atoms with Crippen LogP contribution in [0.15, 0.2) is 30.6 Å². The van der Waals surface area contributed by atoms with E-state index < -0.39 is 0 Å². The normalized spacial score (nSPS) is 12.1. The molecular weight excluding hydrogens is 288 g/mol. The maximum Gasteiger partial charge on any atom is 0.212 e. The van der Waals surface area contributed by atoms with E-state index in [1.54, 1.807) is 19.5 Å². The summed E-state index contributed by atoms with van der Waals surface area (Å²) in [7, 11) is 1.60. The summed E-state index contributed by atoms with van der Waals surface area (Å²) in [4.78, 5) is 8.34. The topological polar surface area (TPSA) is 73.1 Å². The number of hydrogen-bond donors (Lipinski definition) is 2. The maximum absolute atomic E-state index is 6.03. The van der Waals surface area contributed by atoms with Crippen molar-refractivity contribution in [3.63, 3.8) is 0 Å². The fraction of sp³-hybridized carbons (Fsp3) is 0.333. The van der Waals surface area contributed by atoms with Crippen molar-refractivity contribution in [2.75, 3.05) is 19.4 Å². The van der Waals surface area contributed by atoms with Gasteiger partial charge in [0, 0.05) is 30.1 Å². The minimum Gasteiger partial charge on any atom is -0.481 e. The summed E-state index contributed by atoms with van der Waals surface area (Å²) in [6, 6.07) is 5.73. The minimum atomic E-state index is 0.0383. The van der Waals surface area contributed by atoms with Crippen molar-refractivity contribution in [3.05, 3.63) is 46.7 Å². The average Bonchev–Trinajstić information content (AvgIpc) is 2.50. The molecule has 2 heterocycles. The van der Waals surface area contributed by atoms with Gasteiger partial charge in [0.05, 0.1) is 12.1 Å². The molecule has 2 aromatic rings. The molecule has 0 aliphatic rings. The zero-order valence-electron chi connectivity index (χ0n) is 12.1. The summed E-state index contributed by atoms with van der Waals surface area (Å²) in [5, 5.41) is 3.99. The molecule has 2 rings (SSSR count). The van der Waals surface area contributed by atoms with Gasteiger partial charge in [-0.05, 0) is 24.6 Å². The van der Waals surface area contributed by atoms with Crippen LogP contribution in [0.3, 0.4) is 0 Å². The number of aromatic nitrogens is 2. The molecule has 112 valence electrons. The third-order valence-electron chi connectivity index (χ3n) is 3.19. The Bertz CT molecular complexity index is 589. The van der Waals surface area contributed by atoms with E-state index in [2.05, 4.69) is 15.3 Å². The quantitative estimate of drug-likeness (QED) is 0.858. The van der Waals surface area contributed by atoms with E-state index in [1.807, 2.05) is 25.1 Å². The van der Waals surface area contributed by atoms with E-state index in [0.717, 1.165) is 24.1 Å². The number of nitrogen functional groups attached to an aromatic ring is 1. The molecule has 0 bridgehead atoms. The van der Waals surface area contributed by atoms with Crippen molar-refractivity contribution >= 4 is 17.4 Å². The first-order valence-electron chi connectivity index (χ1n) is 6.77. The van der Waals surface area contributed by atoms with Crippen LogP contribution in [-0.2, 0) is 6.42 Å². The summed E-state index contributed by atoms with van der Waals surface area (Å²) < 4.78 is 5.07. The van der Waals surface area contributed by atoms with Gasteiger partial charge >= 0.3 is 0 Å². The average molecular weight is 307 g/mol. The van der Waals surface area contributed by atoms with Gasteiger partial charge in [-0.1, -0.05) is 24.6 Å². The minimum absolute atomic E-state index is 0.0383. The van der Waals surface area contributed by atoms with Crippen LogP contribution in [0.25, 0.3) is 0 Å². The van der Waals surface area contributed by atoms with Gasteiger partial charge in [0.1, 0.15) is 5.82 Å². The van der Waals surface area contributed by atoms with E-state index in [-0.39, 0.29) is 6.04 Å². The lowest BCUT2D eigenvalue weighted by molar-refractivity contribution is 0.397. The molecule has 0 amide bonds. The Morgan fingerprint density at radius 3 is 2.76 bits per heavy atom. The lowest BCUT2D eigenvalue weighted by atomic mass is 10.0. The summed E-state index contributed by atoms with van der Waals surface area (Å²) in [6.45, 7) is 2.87. The predicted molar refractivity (Wildman–Crippen MR) is 84.6 cm³/mol. The van der Waals surface area contributed by atoms with Gasteiger partial charge in [0.25, 0.3) is 0 Å². The van der Waals surface area contributed by atoms with E-state index in [0.29, 0.717) is 16.7 Å². The molecule has 1 unspecified atom stereocenters. The number of ether oxygens (including phenoxy) is 1. The zero-order chi connectivity index (χ0) is 15.2. The van der Waals surface area contributed by atoms with Crippen LogP contribution in [0.5, 0.6) is 5.88 Å². The Labute approximate surface area is 129 Å². The molecule has 0 spiro atoms. The van der Waals surface area contributed by atoms with E-state index in [1.165, 1.54) is 0 Å². The second kappa shape index (κ2) is 7.24. The van der Waals surface area contributed by atoms with Gasteiger partial charge in [-0.2, -0.15) is 0 Å². The highest BCUT2D eigenvalue weighted by Gasteiger charge is 2.16. The molecular formula is C15H19ClN4O. The van der Waals surface area contributed by atoms with Crippen molar-refractivity contribution in [2.24, 2.45) is 0 Å².